The second kappa shape index (κ2) is 8.97. The monoisotopic (exact) mass is 429 g/mol. The van der Waals surface area contributed by atoms with Gasteiger partial charge in [0.15, 0.2) is 0 Å². The summed E-state index contributed by atoms with van der Waals surface area (Å²) in [6, 6.07) is 11.9. The first kappa shape index (κ1) is 22.0. The zero-order valence-corrected chi connectivity index (χ0v) is 18.3. The highest BCUT2D eigenvalue weighted by Gasteiger charge is 2.35. The SMILES string of the molecule is Cc1ccc(S(=O)(=O)N2CCC[C@H]2CNC(=O)C(=O)Nc2cc(C)cc(C)c2)cc1. The van der Waals surface area contributed by atoms with Crippen molar-refractivity contribution in [1.82, 2.24) is 9.62 Å². The number of benzene rings is 2. The summed E-state index contributed by atoms with van der Waals surface area (Å²) in [7, 11) is -3.65. The molecule has 2 aromatic carbocycles. The highest BCUT2D eigenvalue weighted by molar-refractivity contribution is 7.89. The van der Waals surface area contributed by atoms with Crippen molar-refractivity contribution in [3.63, 3.8) is 0 Å². The Kier molecular flexibility index (Phi) is 6.58. The third-order valence-corrected chi connectivity index (χ3v) is 7.10. The van der Waals surface area contributed by atoms with Crippen LogP contribution in [-0.4, -0.2) is 43.7 Å². The topological polar surface area (TPSA) is 95.6 Å². The summed E-state index contributed by atoms with van der Waals surface area (Å²) in [5.74, 6) is -1.56. The van der Waals surface area contributed by atoms with Crippen molar-refractivity contribution in [2.24, 2.45) is 0 Å². The lowest BCUT2D eigenvalue weighted by atomic mass is 10.1. The number of carbonyl (C=O) groups is 2. The van der Waals surface area contributed by atoms with E-state index in [1.54, 1.807) is 36.4 Å². The smallest absolute Gasteiger partial charge is 0.313 e. The van der Waals surface area contributed by atoms with E-state index in [0.29, 0.717) is 25.1 Å². The van der Waals surface area contributed by atoms with Gasteiger partial charge in [-0.25, -0.2) is 8.42 Å². The average molecular weight is 430 g/mol. The summed E-state index contributed by atoms with van der Waals surface area (Å²) in [6.07, 6.45) is 1.34. The van der Waals surface area contributed by atoms with Crippen molar-refractivity contribution < 1.29 is 18.0 Å². The molecule has 0 aromatic heterocycles. The van der Waals surface area contributed by atoms with Gasteiger partial charge in [0, 0.05) is 24.8 Å². The number of nitrogens with zero attached hydrogens (tertiary/aromatic N) is 1. The van der Waals surface area contributed by atoms with E-state index in [0.717, 1.165) is 16.7 Å². The van der Waals surface area contributed by atoms with Gasteiger partial charge in [0.25, 0.3) is 0 Å². The third-order valence-electron chi connectivity index (χ3n) is 5.13. The molecule has 1 fully saturated rings. The summed E-state index contributed by atoms with van der Waals surface area (Å²) in [5, 5.41) is 5.17. The molecule has 0 bridgehead atoms. The predicted molar refractivity (Wildman–Crippen MR) is 116 cm³/mol. The number of amides is 2. The molecule has 0 radical (unpaired) electrons. The molecule has 2 N–H and O–H groups in total. The van der Waals surface area contributed by atoms with Crippen molar-refractivity contribution in [2.45, 2.75) is 44.6 Å². The molecule has 1 atom stereocenters. The fraction of sp³-hybridized carbons (Fsp3) is 0.364. The van der Waals surface area contributed by atoms with Crippen LogP contribution in [0.3, 0.4) is 0 Å². The van der Waals surface area contributed by atoms with Gasteiger partial charge < -0.3 is 10.6 Å². The van der Waals surface area contributed by atoms with E-state index < -0.39 is 21.8 Å². The maximum atomic E-state index is 13.0. The Bertz CT molecular complexity index is 1030. The summed E-state index contributed by atoms with van der Waals surface area (Å²) in [4.78, 5) is 24.7. The summed E-state index contributed by atoms with van der Waals surface area (Å²) < 4.78 is 27.4. The Hall–Kier alpha value is -2.71. The minimum Gasteiger partial charge on any atom is -0.346 e. The minimum atomic E-state index is -3.65. The summed E-state index contributed by atoms with van der Waals surface area (Å²) in [5.41, 5.74) is 3.49. The van der Waals surface area contributed by atoms with Crippen LogP contribution in [0.15, 0.2) is 47.4 Å². The quantitative estimate of drug-likeness (QED) is 0.714. The van der Waals surface area contributed by atoms with Crippen LogP contribution in [-0.2, 0) is 19.6 Å². The molecular formula is C22H27N3O4S. The minimum absolute atomic E-state index is 0.0875. The molecule has 0 aliphatic carbocycles. The van der Waals surface area contributed by atoms with Crippen molar-refractivity contribution in [3.05, 3.63) is 59.2 Å². The highest BCUT2D eigenvalue weighted by atomic mass is 32.2. The Labute approximate surface area is 177 Å². The van der Waals surface area contributed by atoms with E-state index in [1.807, 2.05) is 26.8 Å². The molecule has 8 heteroatoms. The summed E-state index contributed by atoms with van der Waals surface area (Å²) in [6.45, 7) is 6.20. The molecule has 0 saturated carbocycles. The van der Waals surface area contributed by atoms with E-state index in [9.17, 15) is 18.0 Å². The molecule has 3 rings (SSSR count). The van der Waals surface area contributed by atoms with Crippen LogP contribution < -0.4 is 10.6 Å². The van der Waals surface area contributed by atoms with Gasteiger partial charge in [-0.15, -0.1) is 0 Å². The van der Waals surface area contributed by atoms with Gasteiger partial charge in [0.05, 0.1) is 4.90 Å². The lowest BCUT2D eigenvalue weighted by Gasteiger charge is -2.24. The van der Waals surface area contributed by atoms with Gasteiger partial charge in [0.2, 0.25) is 10.0 Å². The van der Waals surface area contributed by atoms with Crippen LogP contribution in [0.1, 0.15) is 29.5 Å². The van der Waals surface area contributed by atoms with Crippen LogP contribution in [0.4, 0.5) is 5.69 Å². The standard InChI is InChI=1S/C22H27N3O4S/c1-15-6-8-20(9-7-15)30(28,29)25-10-4-5-19(25)14-23-21(26)22(27)24-18-12-16(2)11-17(3)13-18/h6-9,11-13,19H,4-5,10,14H2,1-3H3,(H,23,26)(H,24,27)/t19-/m0/s1. The van der Waals surface area contributed by atoms with Crippen LogP contribution in [0, 0.1) is 20.8 Å². The number of aryl methyl sites for hydroxylation is 3. The molecule has 30 heavy (non-hydrogen) atoms. The summed E-state index contributed by atoms with van der Waals surface area (Å²) >= 11 is 0. The molecule has 2 amide bonds. The van der Waals surface area contributed by atoms with E-state index in [1.165, 1.54) is 4.31 Å². The van der Waals surface area contributed by atoms with Crippen molar-refractivity contribution in [3.8, 4) is 0 Å². The highest BCUT2D eigenvalue weighted by Crippen LogP contribution is 2.26. The molecule has 1 aliphatic rings. The molecular weight excluding hydrogens is 402 g/mol. The fourth-order valence-electron chi connectivity index (χ4n) is 3.70. The second-order valence-corrected chi connectivity index (χ2v) is 9.66. The van der Waals surface area contributed by atoms with Gasteiger partial charge in [-0.1, -0.05) is 23.8 Å². The van der Waals surface area contributed by atoms with E-state index in [4.69, 9.17) is 0 Å². The Morgan fingerprint density at radius 3 is 2.23 bits per heavy atom. The molecule has 7 nitrogen and oxygen atoms in total. The lowest BCUT2D eigenvalue weighted by molar-refractivity contribution is -0.136. The predicted octanol–water partition coefficient (Wildman–Crippen LogP) is 2.52. The van der Waals surface area contributed by atoms with Gasteiger partial charge in [-0.2, -0.15) is 4.31 Å². The van der Waals surface area contributed by atoms with Crippen LogP contribution in [0.2, 0.25) is 0 Å². The van der Waals surface area contributed by atoms with Crippen molar-refractivity contribution in [1.29, 1.82) is 0 Å². The first-order chi connectivity index (χ1) is 14.2. The molecule has 0 spiro atoms. The molecule has 1 aliphatic heterocycles. The van der Waals surface area contributed by atoms with Gasteiger partial charge in [-0.3, -0.25) is 9.59 Å². The zero-order valence-electron chi connectivity index (χ0n) is 17.4. The molecule has 0 unspecified atom stereocenters. The largest absolute Gasteiger partial charge is 0.346 e. The van der Waals surface area contributed by atoms with Gasteiger partial charge in [0.1, 0.15) is 0 Å². The molecule has 2 aromatic rings. The maximum absolute atomic E-state index is 13.0. The number of sulfonamides is 1. The average Bonchev–Trinajstić information content (AvgIpc) is 3.15. The van der Waals surface area contributed by atoms with E-state index in [2.05, 4.69) is 10.6 Å². The number of anilines is 1. The van der Waals surface area contributed by atoms with Crippen molar-refractivity contribution in [2.75, 3.05) is 18.4 Å². The normalized spacial score (nSPS) is 17.0. The molecule has 160 valence electrons. The zero-order chi connectivity index (χ0) is 21.9. The van der Waals surface area contributed by atoms with Crippen LogP contribution in [0.5, 0.6) is 0 Å². The lowest BCUT2D eigenvalue weighted by Crippen LogP contribution is -2.45. The first-order valence-corrected chi connectivity index (χ1v) is 11.4. The van der Waals surface area contributed by atoms with E-state index in [-0.39, 0.29) is 17.5 Å². The van der Waals surface area contributed by atoms with E-state index >= 15 is 0 Å². The second-order valence-electron chi connectivity index (χ2n) is 7.77. The van der Waals surface area contributed by atoms with Crippen LogP contribution >= 0.6 is 0 Å². The van der Waals surface area contributed by atoms with Crippen LogP contribution in [0.25, 0.3) is 0 Å². The number of hydrogen-bond donors (Lipinski definition) is 2. The molecule has 1 heterocycles. The Balaban J connectivity index is 1.62. The number of carbonyl (C=O) groups excluding carboxylic acids is 2. The fourth-order valence-corrected chi connectivity index (χ4v) is 5.39. The number of nitrogens with one attached hydrogen (secondary N) is 2. The first-order valence-electron chi connectivity index (χ1n) is 9.93. The Morgan fingerprint density at radius 1 is 0.967 bits per heavy atom. The third kappa shape index (κ3) is 5.06. The van der Waals surface area contributed by atoms with Gasteiger partial charge >= 0.3 is 11.8 Å². The number of hydrogen-bond acceptors (Lipinski definition) is 4. The molecule has 1 saturated heterocycles. The number of rotatable bonds is 5. The van der Waals surface area contributed by atoms with Crippen molar-refractivity contribution >= 4 is 27.5 Å². The Morgan fingerprint density at radius 2 is 1.60 bits per heavy atom. The van der Waals surface area contributed by atoms with Gasteiger partial charge in [-0.05, 0) is 69.0 Å². The maximum Gasteiger partial charge on any atom is 0.313 e.